The molecule has 1 saturated heterocycles. The second-order valence-corrected chi connectivity index (χ2v) is 7.51. The molecular weight excluding hydrogens is 344 g/mol. The van der Waals surface area contributed by atoms with Gasteiger partial charge in [0.25, 0.3) is 5.91 Å². The number of fused-ring (bicyclic) bond motifs is 2. The van der Waals surface area contributed by atoms with Crippen LogP contribution in [0.1, 0.15) is 47.7 Å². The molecule has 3 aliphatic heterocycles. The molecule has 1 unspecified atom stereocenters. The lowest BCUT2D eigenvalue weighted by molar-refractivity contribution is 0.0787. The Balaban J connectivity index is 1.33. The Hall–Kier alpha value is -2.54. The van der Waals surface area contributed by atoms with E-state index in [1.807, 2.05) is 17.2 Å². The van der Waals surface area contributed by atoms with Crippen LogP contribution in [0.3, 0.4) is 0 Å². The van der Waals surface area contributed by atoms with E-state index >= 15 is 0 Å². The number of carbonyl (C=O) groups is 1. The third-order valence-electron chi connectivity index (χ3n) is 5.79. The molecule has 0 N–H and O–H groups in total. The van der Waals surface area contributed by atoms with E-state index in [1.54, 1.807) is 0 Å². The van der Waals surface area contributed by atoms with Crippen LogP contribution in [-0.4, -0.2) is 51.7 Å². The van der Waals surface area contributed by atoms with Gasteiger partial charge in [-0.2, -0.15) is 0 Å². The lowest BCUT2D eigenvalue weighted by Crippen LogP contribution is -2.36. The quantitative estimate of drug-likeness (QED) is 0.833. The zero-order valence-corrected chi connectivity index (χ0v) is 15.6. The van der Waals surface area contributed by atoms with Gasteiger partial charge in [0, 0.05) is 38.9 Å². The van der Waals surface area contributed by atoms with Crippen molar-refractivity contribution in [2.45, 2.75) is 38.9 Å². The van der Waals surface area contributed by atoms with Gasteiger partial charge in [0.15, 0.2) is 11.5 Å². The topological polar surface area (TPSA) is 59.8 Å². The molecule has 7 nitrogen and oxygen atoms in total. The highest BCUT2D eigenvalue weighted by molar-refractivity contribution is 5.92. The molecule has 27 heavy (non-hydrogen) atoms. The van der Waals surface area contributed by atoms with Crippen molar-refractivity contribution in [1.82, 2.24) is 19.4 Å². The predicted octanol–water partition coefficient (Wildman–Crippen LogP) is 2.42. The fraction of sp³-hybridized carbons (Fsp3) is 0.500. The number of likely N-dealkylation sites (tertiary alicyclic amines) is 1. The number of rotatable bonds is 3. The van der Waals surface area contributed by atoms with Gasteiger partial charge >= 0.3 is 0 Å². The van der Waals surface area contributed by atoms with Gasteiger partial charge in [0.2, 0.25) is 6.79 Å². The third-order valence-corrected chi connectivity index (χ3v) is 5.79. The molecule has 1 aromatic carbocycles. The maximum atomic E-state index is 12.7. The highest BCUT2D eigenvalue weighted by Crippen LogP contribution is 2.34. The van der Waals surface area contributed by atoms with Crippen molar-refractivity contribution in [3.8, 4) is 11.5 Å². The Morgan fingerprint density at radius 3 is 2.81 bits per heavy atom. The van der Waals surface area contributed by atoms with Crippen LogP contribution < -0.4 is 9.47 Å². The second kappa shape index (κ2) is 6.56. The number of aromatic nitrogens is 2. The van der Waals surface area contributed by atoms with Gasteiger partial charge < -0.3 is 18.9 Å². The van der Waals surface area contributed by atoms with Gasteiger partial charge in [-0.3, -0.25) is 9.69 Å². The summed E-state index contributed by atoms with van der Waals surface area (Å²) in [6.07, 6.45) is 4.13. The van der Waals surface area contributed by atoms with Crippen LogP contribution in [0.25, 0.3) is 0 Å². The Morgan fingerprint density at radius 2 is 1.96 bits per heavy atom. The number of imidazole rings is 1. The minimum absolute atomic E-state index is 0.0731. The van der Waals surface area contributed by atoms with E-state index < -0.39 is 0 Å². The molecule has 0 bridgehead atoms. The second-order valence-electron chi connectivity index (χ2n) is 7.51. The fourth-order valence-electron chi connectivity index (χ4n) is 4.21. The molecule has 1 atom stereocenters. The minimum Gasteiger partial charge on any atom is -0.454 e. The van der Waals surface area contributed by atoms with E-state index in [2.05, 4.69) is 28.5 Å². The van der Waals surface area contributed by atoms with Gasteiger partial charge in [-0.25, -0.2) is 4.98 Å². The molecule has 7 heteroatoms. The lowest BCUT2D eigenvalue weighted by atomic mass is 10.1. The smallest absolute Gasteiger partial charge is 0.274 e. The number of hydrogen-bond acceptors (Lipinski definition) is 5. The number of carbonyl (C=O) groups excluding carboxylic acids is 1. The van der Waals surface area contributed by atoms with E-state index in [4.69, 9.17) is 14.5 Å². The molecule has 1 fully saturated rings. The van der Waals surface area contributed by atoms with Crippen LogP contribution in [0.2, 0.25) is 0 Å². The van der Waals surface area contributed by atoms with Crippen LogP contribution in [0.4, 0.5) is 0 Å². The molecule has 3 aliphatic rings. The van der Waals surface area contributed by atoms with Crippen LogP contribution >= 0.6 is 0 Å². The van der Waals surface area contributed by atoms with E-state index in [0.29, 0.717) is 12.5 Å². The Kier molecular flexibility index (Phi) is 4.04. The average molecular weight is 368 g/mol. The first kappa shape index (κ1) is 16.6. The molecule has 2 aromatic rings. The normalized spacial score (nSPS) is 21.5. The zero-order valence-electron chi connectivity index (χ0n) is 15.6. The first-order valence-electron chi connectivity index (χ1n) is 9.68. The molecule has 0 saturated carbocycles. The van der Waals surface area contributed by atoms with E-state index in [0.717, 1.165) is 62.9 Å². The number of nitrogens with zero attached hydrogens (tertiary/aromatic N) is 4. The Labute approximate surface area is 158 Å². The monoisotopic (exact) mass is 368 g/mol. The molecule has 142 valence electrons. The highest BCUT2D eigenvalue weighted by Gasteiger charge is 2.29. The molecule has 4 heterocycles. The summed E-state index contributed by atoms with van der Waals surface area (Å²) in [5.41, 5.74) is 1.78. The predicted molar refractivity (Wildman–Crippen MR) is 98.8 cm³/mol. The molecule has 0 radical (unpaired) electrons. The van der Waals surface area contributed by atoms with Crippen molar-refractivity contribution in [2.75, 3.05) is 26.4 Å². The van der Waals surface area contributed by atoms with Crippen LogP contribution in [0.5, 0.6) is 11.5 Å². The van der Waals surface area contributed by atoms with Crippen LogP contribution in [0, 0.1) is 0 Å². The summed E-state index contributed by atoms with van der Waals surface area (Å²) >= 11 is 0. The van der Waals surface area contributed by atoms with Crippen molar-refractivity contribution in [2.24, 2.45) is 0 Å². The van der Waals surface area contributed by atoms with Gasteiger partial charge in [0.05, 0.1) is 6.04 Å². The first-order valence-corrected chi connectivity index (χ1v) is 9.68. The minimum atomic E-state index is 0.0731. The first-order chi connectivity index (χ1) is 13.2. The number of benzene rings is 1. The van der Waals surface area contributed by atoms with Gasteiger partial charge in [-0.05, 0) is 37.5 Å². The van der Waals surface area contributed by atoms with E-state index in [9.17, 15) is 4.79 Å². The summed E-state index contributed by atoms with van der Waals surface area (Å²) < 4.78 is 13.0. The van der Waals surface area contributed by atoms with Crippen molar-refractivity contribution >= 4 is 5.91 Å². The summed E-state index contributed by atoms with van der Waals surface area (Å²) in [6.45, 7) is 6.76. The van der Waals surface area contributed by atoms with Crippen molar-refractivity contribution < 1.29 is 14.3 Å². The van der Waals surface area contributed by atoms with Crippen molar-refractivity contribution in [3.63, 3.8) is 0 Å². The third kappa shape index (κ3) is 2.96. The zero-order chi connectivity index (χ0) is 18.4. The molecule has 0 spiro atoms. The van der Waals surface area contributed by atoms with Crippen molar-refractivity contribution in [1.29, 1.82) is 0 Å². The highest BCUT2D eigenvalue weighted by atomic mass is 16.7. The molecular formula is C20H24N4O3. The largest absolute Gasteiger partial charge is 0.454 e. The maximum Gasteiger partial charge on any atom is 0.274 e. The number of amides is 1. The van der Waals surface area contributed by atoms with Crippen LogP contribution in [0.15, 0.2) is 24.4 Å². The summed E-state index contributed by atoms with van der Waals surface area (Å²) in [4.78, 5) is 21.7. The summed E-state index contributed by atoms with van der Waals surface area (Å²) in [5.74, 6) is 2.68. The molecule has 1 aromatic heterocycles. The standard InChI is InChI=1S/C20H24N4O3/c1-14-19-21-16(20(25)22-6-2-3-7-22)12-24(19)9-8-23(14)11-15-4-5-17-18(10-15)27-13-26-17/h4-5,10,12,14H,2-3,6-9,11,13H2,1H3. The summed E-state index contributed by atoms with van der Waals surface area (Å²) in [7, 11) is 0. The fourth-order valence-corrected chi connectivity index (χ4v) is 4.21. The van der Waals surface area contributed by atoms with Crippen molar-refractivity contribution in [3.05, 3.63) is 41.5 Å². The molecule has 1 amide bonds. The van der Waals surface area contributed by atoms with Gasteiger partial charge in [-0.1, -0.05) is 6.07 Å². The number of ether oxygens (including phenoxy) is 2. The summed E-state index contributed by atoms with van der Waals surface area (Å²) in [5, 5.41) is 0. The summed E-state index contributed by atoms with van der Waals surface area (Å²) in [6, 6.07) is 6.27. The molecule has 5 rings (SSSR count). The van der Waals surface area contributed by atoms with Gasteiger partial charge in [-0.15, -0.1) is 0 Å². The van der Waals surface area contributed by atoms with E-state index in [1.165, 1.54) is 5.56 Å². The van der Waals surface area contributed by atoms with Gasteiger partial charge in [0.1, 0.15) is 11.5 Å². The average Bonchev–Trinajstić information content (AvgIpc) is 3.43. The number of hydrogen-bond donors (Lipinski definition) is 0. The van der Waals surface area contributed by atoms with Crippen LogP contribution in [-0.2, 0) is 13.1 Å². The SMILES string of the molecule is CC1c2nc(C(=O)N3CCCC3)cn2CCN1Cc1ccc2c(c1)OCO2. The molecule has 0 aliphatic carbocycles. The Bertz CT molecular complexity index is 872. The Morgan fingerprint density at radius 1 is 1.15 bits per heavy atom. The van der Waals surface area contributed by atoms with E-state index in [-0.39, 0.29) is 11.9 Å². The lowest BCUT2D eigenvalue weighted by Gasteiger charge is -2.33. The maximum absolute atomic E-state index is 12.7.